The highest BCUT2D eigenvalue weighted by molar-refractivity contribution is 7.18. The van der Waals surface area contributed by atoms with Crippen LogP contribution in [0, 0.1) is 0 Å². The normalized spacial score (nSPS) is 10.4. The number of thiazole rings is 1. The summed E-state index contributed by atoms with van der Waals surface area (Å²) in [7, 11) is 1.60. The van der Waals surface area contributed by atoms with Gasteiger partial charge in [0.05, 0.1) is 24.1 Å². The number of carbonyl (C=O) groups excluding carboxylic acids is 2. The molecule has 5 nitrogen and oxygen atoms in total. The van der Waals surface area contributed by atoms with Gasteiger partial charge in [-0.25, -0.2) is 4.98 Å². The first-order valence-electron chi connectivity index (χ1n) is 8.07. The van der Waals surface area contributed by atoms with E-state index >= 15 is 0 Å². The summed E-state index contributed by atoms with van der Waals surface area (Å²) >= 11 is 1.19. The van der Waals surface area contributed by atoms with Gasteiger partial charge in [0.2, 0.25) is 5.91 Å². The molecule has 1 amide bonds. The molecule has 0 aliphatic carbocycles. The van der Waals surface area contributed by atoms with Gasteiger partial charge in [0, 0.05) is 12.5 Å². The summed E-state index contributed by atoms with van der Waals surface area (Å²) in [4.78, 5) is 29.2. The summed E-state index contributed by atoms with van der Waals surface area (Å²) < 4.78 is 5.11. The Morgan fingerprint density at radius 2 is 1.77 bits per heavy atom. The monoisotopic (exact) mass is 366 g/mol. The molecule has 3 aromatic rings. The van der Waals surface area contributed by atoms with Gasteiger partial charge in [-0.3, -0.25) is 9.59 Å². The van der Waals surface area contributed by atoms with E-state index in [1.165, 1.54) is 18.3 Å². The van der Waals surface area contributed by atoms with E-state index < -0.39 is 0 Å². The summed E-state index contributed by atoms with van der Waals surface area (Å²) in [6, 6.07) is 16.8. The van der Waals surface area contributed by atoms with Crippen LogP contribution in [0.3, 0.4) is 0 Å². The smallest absolute Gasteiger partial charge is 0.230 e. The summed E-state index contributed by atoms with van der Waals surface area (Å²) in [5.74, 6) is 0.489. The lowest BCUT2D eigenvalue weighted by atomic mass is 10.1. The molecule has 0 saturated carbocycles. The van der Waals surface area contributed by atoms with Crippen LogP contribution in [0.25, 0.3) is 11.3 Å². The largest absolute Gasteiger partial charge is 0.497 e. The summed E-state index contributed by atoms with van der Waals surface area (Å²) in [5, 5.41) is 3.21. The predicted molar refractivity (Wildman–Crippen MR) is 103 cm³/mol. The number of benzene rings is 2. The Hall–Kier alpha value is -2.99. The van der Waals surface area contributed by atoms with Gasteiger partial charge in [-0.15, -0.1) is 0 Å². The van der Waals surface area contributed by atoms with E-state index in [4.69, 9.17) is 4.74 Å². The van der Waals surface area contributed by atoms with Gasteiger partial charge >= 0.3 is 0 Å². The van der Waals surface area contributed by atoms with Crippen molar-refractivity contribution in [3.05, 3.63) is 65.0 Å². The number of ketones is 1. The third kappa shape index (κ3) is 4.15. The molecular formula is C20H18N2O3S. The molecule has 0 unspecified atom stereocenters. The Morgan fingerprint density at radius 3 is 2.38 bits per heavy atom. The SMILES string of the molecule is COc1ccc(CC(=O)Nc2nc(-c3ccccc3)c(C(C)=O)s2)cc1. The van der Waals surface area contributed by atoms with Crippen molar-refractivity contribution in [2.24, 2.45) is 0 Å². The fourth-order valence-electron chi connectivity index (χ4n) is 2.50. The van der Waals surface area contributed by atoms with Crippen molar-refractivity contribution in [3.8, 4) is 17.0 Å². The average Bonchev–Trinajstić information content (AvgIpc) is 3.07. The number of amides is 1. The first-order chi connectivity index (χ1) is 12.6. The molecule has 0 bridgehead atoms. The van der Waals surface area contributed by atoms with Crippen molar-refractivity contribution in [2.75, 3.05) is 12.4 Å². The summed E-state index contributed by atoms with van der Waals surface area (Å²) in [5.41, 5.74) is 2.32. The van der Waals surface area contributed by atoms with Gasteiger partial charge in [0.1, 0.15) is 5.75 Å². The number of hydrogen-bond donors (Lipinski definition) is 1. The molecule has 1 aromatic heterocycles. The Bertz CT molecular complexity index is 918. The Morgan fingerprint density at radius 1 is 1.08 bits per heavy atom. The van der Waals surface area contributed by atoms with Crippen LogP contribution >= 0.6 is 11.3 Å². The number of methoxy groups -OCH3 is 1. The van der Waals surface area contributed by atoms with E-state index in [-0.39, 0.29) is 18.1 Å². The molecule has 132 valence electrons. The van der Waals surface area contributed by atoms with Crippen molar-refractivity contribution in [1.29, 1.82) is 0 Å². The molecule has 1 N–H and O–H groups in total. The molecule has 6 heteroatoms. The van der Waals surface area contributed by atoms with E-state index in [9.17, 15) is 9.59 Å². The molecule has 0 aliphatic rings. The van der Waals surface area contributed by atoms with Gasteiger partial charge in [-0.05, 0) is 17.7 Å². The van der Waals surface area contributed by atoms with Crippen LogP contribution in [-0.4, -0.2) is 23.8 Å². The first kappa shape index (κ1) is 17.8. The van der Waals surface area contributed by atoms with E-state index in [2.05, 4.69) is 10.3 Å². The maximum absolute atomic E-state index is 12.3. The number of aromatic nitrogens is 1. The molecule has 26 heavy (non-hydrogen) atoms. The molecular weight excluding hydrogens is 348 g/mol. The van der Waals surface area contributed by atoms with Crippen molar-refractivity contribution in [1.82, 2.24) is 4.98 Å². The Balaban J connectivity index is 1.77. The third-order valence-electron chi connectivity index (χ3n) is 3.76. The first-order valence-corrected chi connectivity index (χ1v) is 8.88. The quantitative estimate of drug-likeness (QED) is 0.664. The molecule has 0 radical (unpaired) electrons. The minimum atomic E-state index is -0.182. The van der Waals surface area contributed by atoms with Crippen molar-refractivity contribution >= 4 is 28.2 Å². The zero-order chi connectivity index (χ0) is 18.5. The third-order valence-corrected chi connectivity index (χ3v) is 4.84. The number of anilines is 1. The maximum atomic E-state index is 12.3. The van der Waals surface area contributed by atoms with Gasteiger partial charge in [0.15, 0.2) is 10.9 Å². The lowest BCUT2D eigenvalue weighted by Gasteiger charge is -2.03. The van der Waals surface area contributed by atoms with Gasteiger partial charge in [0.25, 0.3) is 0 Å². The van der Waals surface area contributed by atoms with Crippen LogP contribution in [0.1, 0.15) is 22.2 Å². The zero-order valence-corrected chi connectivity index (χ0v) is 15.3. The van der Waals surface area contributed by atoms with Crippen LogP contribution in [0.15, 0.2) is 54.6 Å². The number of ether oxygens (including phenoxy) is 1. The van der Waals surface area contributed by atoms with E-state index in [0.717, 1.165) is 16.9 Å². The van der Waals surface area contributed by atoms with Crippen LogP contribution in [0.4, 0.5) is 5.13 Å². The van der Waals surface area contributed by atoms with Crippen LogP contribution in [-0.2, 0) is 11.2 Å². The number of rotatable bonds is 6. The highest BCUT2D eigenvalue weighted by atomic mass is 32.1. The standard InChI is InChI=1S/C20H18N2O3S/c1-13(23)19-18(15-6-4-3-5-7-15)22-20(26-19)21-17(24)12-14-8-10-16(25-2)11-9-14/h3-11H,12H2,1-2H3,(H,21,22,24). The molecule has 0 aliphatic heterocycles. The molecule has 3 rings (SSSR count). The van der Waals surface area contributed by atoms with Crippen LogP contribution in [0.5, 0.6) is 5.75 Å². The molecule has 1 heterocycles. The second-order valence-electron chi connectivity index (χ2n) is 5.69. The maximum Gasteiger partial charge on any atom is 0.230 e. The summed E-state index contributed by atoms with van der Waals surface area (Å²) in [6.45, 7) is 1.50. The average molecular weight is 366 g/mol. The molecule has 0 atom stereocenters. The highest BCUT2D eigenvalue weighted by Gasteiger charge is 2.17. The second-order valence-corrected chi connectivity index (χ2v) is 6.69. The minimum absolute atomic E-state index is 0.0722. The predicted octanol–water partition coefficient (Wildman–Crippen LogP) is 4.20. The molecule has 2 aromatic carbocycles. The zero-order valence-electron chi connectivity index (χ0n) is 14.5. The second kappa shape index (κ2) is 7.93. The van der Waals surface area contributed by atoms with Crippen molar-refractivity contribution in [3.63, 3.8) is 0 Å². The van der Waals surface area contributed by atoms with Crippen molar-refractivity contribution in [2.45, 2.75) is 13.3 Å². The Kier molecular flexibility index (Phi) is 5.43. The van der Waals surface area contributed by atoms with E-state index in [1.807, 2.05) is 54.6 Å². The van der Waals surface area contributed by atoms with Crippen LogP contribution < -0.4 is 10.1 Å². The number of Topliss-reactive ketones (excluding diaryl/α,β-unsaturated/α-hetero) is 1. The van der Waals surface area contributed by atoms with Gasteiger partial charge in [-0.2, -0.15) is 0 Å². The molecule has 0 spiro atoms. The fraction of sp³-hybridized carbons (Fsp3) is 0.150. The number of hydrogen-bond acceptors (Lipinski definition) is 5. The van der Waals surface area contributed by atoms with Crippen LogP contribution in [0.2, 0.25) is 0 Å². The minimum Gasteiger partial charge on any atom is -0.497 e. The van der Waals surface area contributed by atoms with Gasteiger partial charge in [-0.1, -0.05) is 53.8 Å². The highest BCUT2D eigenvalue weighted by Crippen LogP contribution is 2.31. The number of carbonyl (C=O) groups is 2. The topological polar surface area (TPSA) is 68.3 Å². The van der Waals surface area contributed by atoms with Gasteiger partial charge < -0.3 is 10.1 Å². The lowest BCUT2D eigenvalue weighted by molar-refractivity contribution is -0.115. The molecule has 0 fully saturated rings. The lowest BCUT2D eigenvalue weighted by Crippen LogP contribution is -2.14. The fourth-order valence-corrected chi connectivity index (χ4v) is 3.40. The van der Waals surface area contributed by atoms with E-state index in [1.54, 1.807) is 7.11 Å². The van der Waals surface area contributed by atoms with E-state index in [0.29, 0.717) is 15.7 Å². The molecule has 0 saturated heterocycles. The number of nitrogens with one attached hydrogen (secondary N) is 1. The Labute approximate surface area is 155 Å². The number of nitrogens with zero attached hydrogens (tertiary/aromatic N) is 1. The van der Waals surface area contributed by atoms with Crippen molar-refractivity contribution < 1.29 is 14.3 Å². The summed E-state index contributed by atoms with van der Waals surface area (Å²) in [6.07, 6.45) is 0.222.